The zero-order valence-corrected chi connectivity index (χ0v) is 20.4. The minimum absolute atomic E-state index is 0.135. The minimum atomic E-state index is -0.457. The summed E-state index contributed by atoms with van der Waals surface area (Å²) < 4.78 is 8.79. The fourth-order valence-corrected chi connectivity index (χ4v) is 4.13. The average molecular weight is 478 g/mol. The van der Waals surface area contributed by atoms with Crippen molar-refractivity contribution in [3.05, 3.63) is 68.9 Å². The van der Waals surface area contributed by atoms with Crippen molar-refractivity contribution in [1.82, 2.24) is 24.1 Å². The molecule has 0 fully saturated rings. The Morgan fingerprint density at radius 2 is 1.89 bits per heavy atom. The number of fused-ring (bicyclic) bond motifs is 2. The third-order valence-electron chi connectivity index (χ3n) is 5.94. The van der Waals surface area contributed by atoms with Crippen LogP contribution < -0.4 is 16.0 Å². The van der Waals surface area contributed by atoms with Crippen LogP contribution in [0.15, 0.2) is 46.2 Å². The predicted molar refractivity (Wildman–Crippen MR) is 135 cm³/mol. The lowest BCUT2D eigenvalue weighted by atomic mass is 10.1. The Morgan fingerprint density at radius 3 is 2.66 bits per heavy atom. The summed E-state index contributed by atoms with van der Waals surface area (Å²) >= 11 is 0. The fraction of sp³-hybridized carbons (Fsp3) is 0.423. The van der Waals surface area contributed by atoms with Crippen LogP contribution in [0, 0.1) is 5.92 Å². The van der Waals surface area contributed by atoms with Crippen LogP contribution in [0.2, 0.25) is 0 Å². The SMILES string of the molecule is CC(C)Cn1c(=O)n(C)c(=O)c2nc(CCCCCO)c(COc3cccc4ccncc34)nc21. The smallest absolute Gasteiger partial charge is 0.332 e. The molecule has 3 heterocycles. The third kappa shape index (κ3) is 5.24. The molecule has 0 aliphatic rings. The van der Waals surface area contributed by atoms with E-state index in [2.05, 4.69) is 4.98 Å². The van der Waals surface area contributed by atoms with Crippen molar-refractivity contribution in [2.24, 2.45) is 13.0 Å². The zero-order valence-electron chi connectivity index (χ0n) is 20.4. The van der Waals surface area contributed by atoms with Crippen molar-refractivity contribution < 1.29 is 9.84 Å². The van der Waals surface area contributed by atoms with Gasteiger partial charge in [-0.3, -0.25) is 18.9 Å². The van der Waals surface area contributed by atoms with Gasteiger partial charge in [-0.25, -0.2) is 14.8 Å². The lowest BCUT2D eigenvalue weighted by molar-refractivity contribution is 0.282. The number of aliphatic hydroxyl groups excluding tert-OH is 1. The molecule has 0 radical (unpaired) electrons. The Bertz CT molecular complexity index is 1450. The van der Waals surface area contributed by atoms with E-state index in [4.69, 9.17) is 19.8 Å². The first-order valence-electron chi connectivity index (χ1n) is 12.0. The molecule has 1 N–H and O–H groups in total. The Kier molecular flexibility index (Phi) is 7.55. The van der Waals surface area contributed by atoms with Gasteiger partial charge in [-0.15, -0.1) is 0 Å². The Hall–Kier alpha value is -3.59. The van der Waals surface area contributed by atoms with Crippen molar-refractivity contribution in [1.29, 1.82) is 0 Å². The first-order chi connectivity index (χ1) is 16.9. The molecule has 9 nitrogen and oxygen atoms in total. The number of benzene rings is 1. The van der Waals surface area contributed by atoms with Crippen molar-refractivity contribution in [2.45, 2.75) is 52.7 Å². The lowest BCUT2D eigenvalue weighted by Gasteiger charge is -2.16. The number of ether oxygens (including phenoxy) is 1. The number of aromatic nitrogens is 5. The lowest BCUT2D eigenvalue weighted by Crippen LogP contribution is -2.40. The quantitative estimate of drug-likeness (QED) is 0.350. The molecule has 0 saturated carbocycles. The number of pyridine rings is 1. The van der Waals surface area contributed by atoms with Crippen molar-refractivity contribution in [3.8, 4) is 5.75 Å². The van der Waals surface area contributed by atoms with Gasteiger partial charge in [0.15, 0.2) is 11.2 Å². The summed E-state index contributed by atoms with van der Waals surface area (Å²) in [6.45, 7) is 4.70. The second-order valence-electron chi connectivity index (χ2n) is 9.12. The monoisotopic (exact) mass is 477 g/mol. The predicted octanol–water partition coefficient (Wildman–Crippen LogP) is 2.98. The number of rotatable bonds is 10. The molecule has 0 unspecified atom stereocenters. The molecule has 3 aromatic heterocycles. The van der Waals surface area contributed by atoms with Crippen LogP contribution in [-0.2, 0) is 26.6 Å². The summed E-state index contributed by atoms with van der Waals surface area (Å²) in [6.07, 6.45) is 6.40. The van der Waals surface area contributed by atoms with Crippen LogP contribution in [0.3, 0.4) is 0 Å². The Morgan fingerprint density at radius 1 is 1.06 bits per heavy atom. The van der Waals surface area contributed by atoms with Gasteiger partial charge >= 0.3 is 5.69 Å². The second kappa shape index (κ2) is 10.8. The fourth-order valence-electron chi connectivity index (χ4n) is 4.13. The first kappa shape index (κ1) is 24.5. The Labute approximate surface area is 203 Å². The molecule has 35 heavy (non-hydrogen) atoms. The van der Waals surface area contributed by atoms with Gasteiger partial charge in [0, 0.05) is 38.0 Å². The minimum Gasteiger partial charge on any atom is -0.487 e. The van der Waals surface area contributed by atoms with Crippen LogP contribution in [0.1, 0.15) is 44.5 Å². The first-order valence-corrected chi connectivity index (χ1v) is 12.0. The summed E-state index contributed by atoms with van der Waals surface area (Å²) in [5, 5.41) is 11.0. The summed E-state index contributed by atoms with van der Waals surface area (Å²) in [6, 6.07) is 7.71. The molecule has 0 aliphatic heterocycles. The van der Waals surface area contributed by atoms with Gasteiger partial charge in [-0.05, 0) is 42.7 Å². The van der Waals surface area contributed by atoms with Crippen molar-refractivity contribution >= 4 is 21.9 Å². The van der Waals surface area contributed by atoms with E-state index in [1.807, 2.05) is 38.1 Å². The van der Waals surface area contributed by atoms with Gasteiger partial charge in [-0.2, -0.15) is 0 Å². The van der Waals surface area contributed by atoms with Gasteiger partial charge in [-0.1, -0.05) is 32.4 Å². The second-order valence-corrected chi connectivity index (χ2v) is 9.12. The molecule has 0 spiro atoms. The van der Waals surface area contributed by atoms with Crippen LogP contribution in [0.25, 0.3) is 21.9 Å². The Balaban J connectivity index is 1.80. The van der Waals surface area contributed by atoms with Gasteiger partial charge < -0.3 is 9.84 Å². The van der Waals surface area contributed by atoms with Crippen molar-refractivity contribution in [3.63, 3.8) is 0 Å². The van der Waals surface area contributed by atoms with Gasteiger partial charge in [0.1, 0.15) is 18.1 Å². The van der Waals surface area contributed by atoms with E-state index in [1.165, 1.54) is 11.6 Å². The number of unbranched alkanes of at least 4 members (excludes halogenated alkanes) is 2. The highest BCUT2D eigenvalue weighted by atomic mass is 16.5. The van der Waals surface area contributed by atoms with Gasteiger partial charge in [0.25, 0.3) is 5.56 Å². The highest BCUT2D eigenvalue weighted by Gasteiger charge is 2.19. The highest BCUT2D eigenvalue weighted by Crippen LogP contribution is 2.25. The summed E-state index contributed by atoms with van der Waals surface area (Å²) in [5.74, 6) is 0.850. The largest absolute Gasteiger partial charge is 0.487 e. The summed E-state index contributed by atoms with van der Waals surface area (Å²) in [5.41, 5.74) is 0.857. The number of nitrogens with zero attached hydrogens (tertiary/aromatic N) is 5. The molecule has 0 amide bonds. The number of hydrogen-bond donors (Lipinski definition) is 1. The maximum Gasteiger partial charge on any atom is 0.332 e. The molecular weight excluding hydrogens is 446 g/mol. The van der Waals surface area contributed by atoms with Gasteiger partial charge in [0.2, 0.25) is 0 Å². The number of aryl methyl sites for hydroxylation is 1. The van der Waals surface area contributed by atoms with E-state index in [9.17, 15) is 9.59 Å². The average Bonchev–Trinajstić information content (AvgIpc) is 2.86. The van der Waals surface area contributed by atoms with E-state index in [0.29, 0.717) is 36.5 Å². The van der Waals surface area contributed by atoms with E-state index in [-0.39, 0.29) is 30.3 Å². The molecule has 0 aliphatic carbocycles. The van der Waals surface area contributed by atoms with Crippen LogP contribution in [0.4, 0.5) is 0 Å². The molecule has 184 valence electrons. The van der Waals surface area contributed by atoms with Crippen LogP contribution in [0.5, 0.6) is 5.75 Å². The van der Waals surface area contributed by atoms with Crippen LogP contribution in [-0.4, -0.2) is 35.8 Å². The molecule has 0 atom stereocenters. The van der Waals surface area contributed by atoms with E-state index in [0.717, 1.165) is 28.2 Å². The number of hydrogen-bond acceptors (Lipinski definition) is 7. The van der Waals surface area contributed by atoms with Crippen LogP contribution >= 0.6 is 0 Å². The molecule has 0 saturated heterocycles. The molecule has 4 rings (SSSR count). The van der Waals surface area contributed by atoms with E-state index in [1.54, 1.807) is 12.4 Å². The standard InChI is InChI=1S/C26H31N5O4/c1-17(2)15-31-24-23(25(33)30(3)26(31)34)28-20(9-5-4-6-13-32)21(29-24)16-35-22-10-7-8-18-11-12-27-14-19(18)22/h7-8,10-12,14,17,32H,4-6,9,13,15-16H2,1-3H3. The molecular formula is C26H31N5O4. The third-order valence-corrected chi connectivity index (χ3v) is 5.94. The maximum atomic E-state index is 12.9. The molecule has 9 heteroatoms. The van der Waals surface area contributed by atoms with Crippen molar-refractivity contribution in [2.75, 3.05) is 6.61 Å². The summed E-state index contributed by atoms with van der Waals surface area (Å²) in [4.78, 5) is 39.5. The van der Waals surface area contributed by atoms with Gasteiger partial charge in [0.05, 0.1) is 5.69 Å². The zero-order chi connectivity index (χ0) is 24.9. The maximum absolute atomic E-state index is 12.9. The summed E-state index contributed by atoms with van der Waals surface area (Å²) in [7, 11) is 1.47. The highest BCUT2D eigenvalue weighted by molar-refractivity contribution is 5.87. The van der Waals surface area contributed by atoms with E-state index < -0.39 is 11.2 Å². The normalized spacial score (nSPS) is 11.6. The topological polar surface area (TPSA) is 112 Å². The molecule has 4 aromatic rings. The molecule has 1 aromatic carbocycles. The number of aliphatic hydroxyl groups is 1. The molecule has 0 bridgehead atoms. The van der Waals surface area contributed by atoms with E-state index >= 15 is 0 Å².